The number of hydrogen-bond donors (Lipinski definition) is 1. The highest BCUT2D eigenvalue weighted by molar-refractivity contribution is 5.94. The summed E-state index contributed by atoms with van der Waals surface area (Å²) in [4.78, 5) is 46.2. The van der Waals surface area contributed by atoms with Crippen LogP contribution in [-0.2, 0) is 11.4 Å². The predicted molar refractivity (Wildman–Crippen MR) is 174 cm³/mol. The van der Waals surface area contributed by atoms with Gasteiger partial charge in [0.05, 0.1) is 16.1 Å². The third kappa shape index (κ3) is 8.06. The number of nitro benzene ring substituents is 2. The Kier molecular flexibility index (Phi) is 9.84. The summed E-state index contributed by atoms with van der Waals surface area (Å²) in [5.41, 5.74) is 5.44. The van der Waals surface area contributed by atoms with E-state index in [0.717, 1.165) is 41.5 Å². The van der Waals surface area contributed by atoms with Crippen molar-refractivity contribution in [1.29, 1.82) is 0 Å². The first-order valence-electron chi connectivity index (χ1n) is 14.3. The zero-order valence-corrected chi connectivity index (χ0v) is 25.6. The number of nitrogens with zero attached hydrogens (tertiary/aromatic N) is 4. The Balaban J connectivity index is 1.19. The zero-order chi connectivity index (χ0) is 34.2. The highest BCUT2D eigenvalue weighted by Gasteiger charge is 2.15. The van der Waals surface area contributed by atoms with Crippen molar-refractivity contribution >= 4 is 35.5 Å². The standard InChI is InChI=1S/C34H27N5O9/c1-22-6-7-23(2)37(22)26-9-12-29(13-10-26)46-21-30-14-16-32(47-30)34(41)36-35-20-25-19-28(39(44)45)11-15-31(25)48-33(40)17-8-24-4-3-5-27(18-24)38(42)43/h3-20H,21H2,1-2H3,(H,36,41)/b17-8+,35-20+. The number of nitro groups is 2. The molecule has 0 spiro atoms. The van der Waals surface area contributed by atoms with Crippen molar-refractivity contribution in [3.8, 4) is 17.2 Å². The van der Waals surface area contributed by atoms with Crippen LogP contribution < -0.4 is 14.9 Å². The normalized spacial score (nSPS) is 11.1. The van der Waals surface area contributed by atoms with Crippen molar-refractivity contribution in [1.82, 2.24) is 9.99 Å². The second kappa shape index (κ2) is 14.5. The fraction of sp³-hybridized carbons (Fsp3) is 0.0882. The SMILES string of the molecule is Cc1ccc(C)n1-c1ccc(OCc2ccc(C(=O)N/N=C/c3cc([N+](=O)[O-])ccc3OC(=O)/C=C/c3cccc([N+](=O)[O-])c3)o2)cc1. The molecule has 0 bridgehead atoms. The minimum Gasteiger partial charge on any atom is -0.486 e. The summed E-state index contributed by atoms with van der Waals surface area (Å²) in [6, 6.07) is 23.7. The monoisotopic (exact) mass is 649 g/mol. The van der Waals surface area contributed by atoms with E-state index in [2.05, 4.69) is 15.1 Å². The van der Waals surface area contributed by atoms with Gasteiger partial charge in [0.1, 0.15) is 23.9 Å². The number of hydrazone groups is 1. The number of ether oxygens (including phenoxy) is 2. The predicted octanol–water partition coefficient (Wildman–Crippen LogP) is 6.47. The molecule has 2 heterocycles. The Labute approximate surface area is 272 Å². The maximum Gasteiger partial charge on any atom is 0.336 e. The lowest BCUT2D eigenvalue weighted by Crippen LogP contribution is -2.17. The number of esters is 1. The van der Waals surface area contributed by atoms with Crippen molar-refractivity contribution < 1.29 is 33.3 Å². The molecule has 0 saturated carbocycles. The van der Waals surface area contributed by atoms with E-state index in [4.69, 9.17) is 13.9 Å². The second-order valence-corrected chi connectivity index (χ2v) is 10.3. The van der Waals surface area contributed by atoms with Crippen molar-refractivity contribution in [3.05, 3.63) is 151 Å². The van der Waals surface area contributed by atoms with Crippen molar-refractivity contribution in [2.24, 2.45) is 5.10 Å². The summed E-state index contributed by atoms with van der Waals surface area (Å²) < 4.78 is 18.8. The van der Waals surface area contributed by atoms with E-state index in [-0.39, 0.29) is 35.1 Å². The highest BCUT2D eigenvalue weighted by Crippen LogP contribution is 2.24. The van der Waals surface area contributed by atoms with Gasteiger partial charge in [-0.3, -0.25) is 25.0 Å². The first-order chi connectivity index (χ1) is 23.1. The molecule has 2 aromatic heterocycles. The fourth-order valence-corrected chi connectivity index (χ4v) is 4.61. The Hall–Kier alpha value is -6.83. The van der Waals surface area contributed by atoms with E-state index in [0.29, 0.717) is 17.1 Å². The summed E-state index contributed by atoms with van der Waals surface area (Å²) in [5, 5.41) is 26.1. The van der Waals surface area contributed by atoms with E-state index in [1.54, 1.807) is 12.1 Å². The molecule has 242 valence electrons. The van der Waals surface area contributed by atoms with Crippen LogP contribution in [0.15, 0.2) is 107 Å². The summed E-state index contributed by atoms with van der Waals surface area (Å²) >= 11 is 0. The quantitative estimate of drug-likeness (QED) is 0.0396. The molecule has 0 aliphatic heterocycles. The first-order valence-corrected chi connectivity index (χ1v) is 14.3. The smallest absolute Gasteiger partial charge is 0.336 e. The lowest BCUT2D eigenvalue weighted by atomic mass is 10.2. The molecule has 0 aliphatic carbocycles. The lowest BCUT2D eigenvalue weighted by Gasteiger charge is -2.10. The molecular formula is C34H27N5O9. The van der Waals surface area contributed by atoms with Gasteiger partial charge in [-0.25, -0.2) is 10.2 Å². The summed E-state index contributed by atoms with van der Waals surface area (Å²) in [5.74, 6) is -0.713. The molecule has 14 nitrogen and oxygen atoms in total. The van der Waals surface area contributed by atoms with E-state index < -0.39 is 21.7 Å². The van der Waals surface area contributed by atoms with Crippen molar-refractivity contribution in [3.63, 3.8) is 0 Å². The molecule has 5 aromatic rings. The minimum atomic E-state index is -0.860. The number of benzene rings is 3. The van der Waals surface area contributed by atoms with Gasteiger partial charge in [0.15, 0.2) is 5.76 Å². The van der Waals surface area contributed by atoms with Crippen LogP contribution in [0.25, 0.3) is 11.8 Å². The Morgan fingerprint density at radius 2 is 1.60 bits per heavy atom. The van der Waals surface area contributed by atoms with Gasteiger partial charge >= 0.3 is 11.9 Å². The number of aryl methyl sites for hydroxylation is 2. The average Bonchev–Trinajstić information content (AvgIpc) is 3.69. The van der Waals surface area contributed by atoms with Crippen LogP contribution in [0.3, 0.4) is 0 Å². The van der Waals surface area contributed by atoms with Gasteiger partial charge in [0.2, 0.25) is 0 Å². The number of aromatic nitrogens is 1. The fourth-order valence-electron chi connectivity index (χ4n) is 4.61. The number of nitrogens with one attached hydrogen (secondary N) is 1. The van der Waals surface area contributed by atoms with E-state index >= 15 is 0 Å². The van der Waals surface area contributed by atoms with E-state index in [1.165, 1.54) is 36.4 Å². The Morgan fingerprint density at radius 1 is 0.896 bits per heavy atom. The summed E-state index contributed by atoms with van der Waals surface area (Å²) in [6.07, 6.45) is 3.44. The van der Waals surface area contributed by atoms with Crippen molar-refractivity contribution in [2.75, 3.05) is 0 Å². The van der Waals surface area contributed by atoms with Gasteiger partial charge < -0.3 is 18.5 Å². The van der Waals surface area contributed by atoms with Crippen LogP contribution in [-0.4, -0.2) is 32.5 Å². The third-order valence-corrected chi connectivity index (χ3v) is 6.91. The molecule has 48 heavy (non-hydrogen) atoms. The van der Waals surface area contributed by atoms with Crippen LogP contribution in [0.2, 0.25) is 0 Å². The highest BCUT2D eigenvalue weighted by atomic mass is 16.6. The van der Waals surface area contributed by atoms with E-state index in [9.17, 15) is 29.8 Å². The summed E-state index contributed by atoms with van der Waals surface area (Å²) in [7, 11) is 0. The number of carbonyl (C=O) groups is 2. The molecule has 1 amide bonds. The zero-order valence-electron chi connectivity index (χ0n) is 25.6. The van der Waals surface area contributed by atoms with Gasteiger partial charge in [-0.15, -0.1) is 0 Å². The number of furan rings is 1. The van der Waals surface area contributed by atoms with Gasteiger partial charge in [-0.05, 0) is 80.1 Å². The molecule has 0 radical (unpaired) electrons. The van der Waals surface area contributed by atoms with Crippen LogP contribution in [0.1, 0.15) is 38.8 Å². The number of hydrogen-bond acceptors (Lipinski definition) is 10. The van der Waals surface area contributed by atoms with Gasteiger partial charge in [0, 0.05) is 53.0 Å². The van der Waals surface area contributed by atoms with E-state index in [1.807, 2.05) is 50.2 Å². The van der Waals surface area contributed by atoms with Crippen LogP contribution in [0.5, 0.6) is 11.5 Å². The van der Waals surface area contributed by atoms with Crippen molar-refractivity contribution in [2.45, 2.75) is 20.5 Å². The van der Waals surface area contributed by atoms with Crippen LogP contribution in [0, 0.1) is 34.1 Å². The molecule has 0 saturated heterocycles. The number of carbonyl (C=O) groups excluding carboxylic acids is 2. The lowest BCUT2D eigenvalue weighted by molar-refractivity contribution is -0.385. The number of non-ortho nitro benzene ring substituents is 2. The largest absolute Gasteiger partial charge is 0.486 e. The molecule has 14 heteroatoms. The number of rotatable bonds is 12. The van der Waals surface area contributed by atoms with Gasteiger partial charge in [-0.2, -0.15) is 5.10 Å². The maximum atomic E-state index is 12.6. The summed E-state index contributed by atoms with van der Waals surface area (Å²) in [6.45, 7) is 4.13. The second-order valence-electron chi connectivity index (χ2n) is 10.3. The van der Waals surface area contributed by atoms with Gasteiger partial charge in [-0.1, -0.05) is 12.1 Å². The number of amides is 1. The molecule has 0 aliphatic rings. The first kappa shape index (κ1) is 32.6. The molecule has 3 aromatic carbocycles. The topological polar surface area (TPSA) is 181 Å². The Morgan fingerprint density at radius 3 is 2.31 bits per heavy atom. The molecule has 0 unspecified atom stereocenters. The Bertz CT molecular complexity index is 2040. The maximum absolute atomic E-state index is 12.6. The van der Waals surface area contributed by atoms with Crippen LogP contribution in [0.4, 0.5) is 11.4 Å². The molecule has 1 N–H and O–H groups in total. The van der Waals surface area contributed by atoms with Crippen LogP contribution >= 0.6 is 0 Å². The third-order valence-electron chi connectivity index (χ3n) is 6.91. The molecule has 5 rings (SSSR count). The molecular weight excluding hydrogens is 622 g/mol. The molecule has 0 fully saturated rings. The minimum absolute atomic E-state index is 0.0169. The average molecular weight is 650 g/mol. The molecule has 0 atom stereocenters. The van der Waals surface area contributed by atoms with Gasteiger partial charge in [0.25, 0.3) is 11.4 Å².